The number of likely N-dealkylation sites (N-methyl/N-ethyl adjacent to an activating group) is 1. The summed E-state index contributed by atoms with van der Waals surface area (Å²) in [5, 5.41) is 9.89. The number of nitrogens with one attached hydrogen (secondary N) is 1. The number of nitrogens with zero attached hydrogens (tertiary/aromatic N) is 3. The van der Waals surface area contributed by atoms with Crippen molar-refractivity contribution in [2.75, 3.05) is 7.05 Å². The van der Waals surface area contributed by atoms with E-state index in [1.54, 1.807) is 12.4 Å². The Morgan fingerprint density at radius 2 is 2.44 bits per heavy atom. The third-order valence-electron chi connectivity index (χ3n) is 2.36. The second-order valence-corrected chi connectivity index (χ2v) is 4.36. The molecule has 0 amide bonds. The van der Waals surface area contributed by atoms with Gasteiger partial charge in [-0.15, -0.1) is 5.10 Å². The smallest absolute Gasteiger partial charge is 0.0928 e. The summed E-state index contributed by atoms with van der Waals surface area (Å²) in [6.07, 6.45) is 4.18. The lowest BCUT2D eigenvalue weighted by Crippen LogP contribution is -2.19. The van der Waals surface area contributed by atoms with Crippen LogP contribution in [0.1, 0.15) is 17.3 Å². The zero-order valence-corrected chi connectivity index (χ0v) is 10.3. The molecule has 2 rings (SSSR count). The lowest BCUT2D eigenvalue weighted by Gasteiger charge is -2.13. The first-order valence-corrected chi connectivity index (χ1v) is 6.05. The Morgan fingerprint density at radius 3 is 3.06 bits per heavy atom. The summed E-state index contributed by atoms with van der Waals surface area (Å²) in [5.41, 5.74) is 2.00. The van der Waals surface area contributed by atoms with Gasteiger partial charge >= 0.3 is 0 Å². The standard InChI is InChI=1S/C10H11ClN4S/c1-12-9(10-6-16-15-14-10)4-7-2-3-13-5-8(7)11/h2-3,5-6,9,12H,4H2,1H3. The topological polar surface area (TPSA) is 50.7 Å². The molecule has 84 valence electrons. The van der Waals surface area contributed by atoms with Gasteiger partial charge in [0, 0.05) is 17.8 Å². The molecule has 0 bridgehead atoms. The molecule has 0 aliphatic carbocycles. The molecular weight excluding hydrogens is 244 g/mol. The summed E-state index contributed by atoms with van der Waals surface area (Å²) in [4.78, 5) is 3.96. The Labute approximate surface area is 103 Å². The predicted octanol–water partition coefficient (Wildman–Crippen LogP) is 2.09. The summed E-state index contributed by atoms with van der Waals surface area (Å²) >= 11 is 7.41. The third kappa shape index (κ3) is 2.55. The molecule has 2 aromatic rings. The molecule has 0 spiro atoms. The zero-order chi connectivity index (χ0) is 11.4. The molecule has 0 fully saturated rings. The van der Waals surface area contributed by atoms with Gasteiger partial charge in [-0.05, 0) is 36.6 Å². The quantitative estimate of drug-likeness (QED) is 0.908. The zero-order valence-electron chi connectivity index (χ0n) is 8.72. The van der Waals surface area contributed by atoms with Crippen molar-refractivity contribution >= 4 is 23.1 Å². The van der Waals surface area contributed by atoms with Gasteiger partial charge in [0.15, 0.2) is 0 Å². The Hall–Kier alpha value is -1.04. The largest absolute Gasteiger partial charge is 0.311 e. The van der Waals surface area contributed by atoms with Crippen LogP contribution in [0.3, 0.4) is 0 Å². The van der Waals surface area contributed by atoms with E-state index >= 15 is 0 Å². The van der Waals surface area contributed by atoms with Gasteiger partial charge < -0.3 is 5.32 Å². The van der Waals surface area contributed by atoms with E-state index in [0.29, 0.717) is 5.02 Å². The van der Waals surface area contributed by atoms with Crippen LogP contribution in [0.2, 0.25) is 5.02 Å². The summed E-state index contributed by atoms with van der Waals surface area (Å²) < 4.78 is 3.86. The van der Waals surface area contributed by atoms with Gasteiger partial charge in [-0.1, -0.05) is 16.1 Å². The molecule has 0 saturated carbocycles. The lowest BCUT2D eigenvalue weighted by atomic mass is 10.1. The Balaban J connectivity index is 2.17. The molecule has 0 radical (unpaired) electrons. The van der Waals surface area contributed by atoms with E-state index in [1.165, 1.54) is 11.5 Å². The average molecular weight is 255 g/mol. The molecule has 1 N–H and O–H groups in total. The van der Waals surface area contributed by atoms with Crippen molar-refractivity contribution in [3.8, 4) is 0 Å². The fourth-order valence-electron chi connectivity index (χ4n) is 1.47. The van der Waals surface area contributed by atoms with E-state index in [2.05, 4.69) is 19.9 Å². The fourth-order valence-corrected chi connectivity index (χ4v) is 2.17. The number of hydrogen-bond donors (Lipinski definition) is 1. The van der Waals surface area contributed by atoms with Crippen molar-refractivity contribution in [1.82, 2.24) is 19.9 Å². The highest BCUT2D eigenvalue weighted by molar-refractivity contribution is 7.03. The van der Waals surface area contributed by atoms with Crippen LogP contribution >= 0.6 is 23.1 Å². The molecule has 1 unspecified atom stereocenters. The second-order valence-electron chi connectivity index (χ2n) is 3.34. The van der Waals surface area contributed by atoms with Crippen molar-refractivity contribution < 1.29 is 0 Å². The van der Waals surface area contributed by atoms with Crippen LogP contribution < -0.4 is 5.32 Å². The lowest BCUT2D eigenvalue weighted by molar-refractivity contribution is 0.574. The molecule has 0 saturated heterocycles. The number of rotatable bonds is 4. The van der Waals surface area contributed by atoms with Crippen LogP contribution in [0, 0.1) is 0 Å². The molecule has 2 heterocycles. The molecule has 16 heavy (non-hydrogen) atoms. The van der Waals surface area contributed by atoms with Crippen molar-refractivity contribution in [2.24, 2.45) is 0 Å². The van der Waals surface area contributed by atoms with Gasteiger partial charge in [-0.3, -0.25) is 4.98 Å². The van der Waals surface area contributed by atoms with E-state index in [4.69, 9.17) is 11.6 Å². The van der Waals surface area contributed by atoms with Crippen molar-refractivity contribution in [1.29, 1.82) is 0 Å². The van der Waals surface area contributed by atoms with E-state index in [9.17, 15) is 0 Å². The highest BCUT2D eigenvalue weighted by Crippen LogP contribution is 2.21. The van der Waals surface area contributed by atoms with Gasteiger partial charge in [0.2, 0.25) is 0 Å². The van der Waals surface area contributed by atoms with E-state index in [0.717, 1.165) is 17.7 Å². The maximum absolute atomic E-state index is 6.06. The Kier molecular flexibility index (Phi) is 3.82. The number of aromatic nitrogens is 3. The van der Waals surface area contributed by atoms with Crippen molar-refractivity contribution in [3.05, 3.63) is 40.1 Å². The van der Waals surface area contributed by atoms with Crippen molar-refractivity contribution in [3.63, 3.8) is 0 Å². The molecule has 0 aliphatic rings. The van der Waals surface area contributed by atoms with E-state index in [-0.39, 0.29) is 6.04 Å². The highest BCUT2D eigenvalue weighted by Gasteiger charge is 2.14. The predicted molar refractivity (Wildman–Crippen MR) is 64.7 cm³/mol. The Morgan fingerprint density at radius 1 is 1.56 bits per heavy atom. The van der Waals surface area contributed by atoms with Crippen LogP contribution in [-0.2, 0) is 6.42 Å². The summed E-state index contributed by atoms with van der Waals surface area (Å²) in [7, 11) is 1.90. The number of pyridine rings is 1. The molecule has 6 heteroatoms. The van der Waals surface area contributed by atoms with Gasteiger partial charge in [0.05, 0.1) is 16.8 Å². The van der Waals surface area contributed by atoms with Gasteiger partial charge in [0.1, 0.15) is 0 Å². The van der Waals surface area contributed by atoms with Gasteiger partial charge in [0.25, 0.3) is 0 Å². The Bertz CT molecular complexity index is 446. The minimum atomic E-state index is 0.138. The number of hydrogen-bond acceptors (Lipinski definition) is 5. The van der Waals surface area contributed by atoms with Crippen molar-refractivity contribution in [2.45, 2.75) is 12.5 Å². The fraction of sp³-hybridized carbons (Fsp3) is 0.300. The average Bonchev–Trinajstić information content (AvgIpc) is 2.81. The summed E-state index contributed by atoms with van der Waals surface area (Å²) in [6, 6.07) is 2.06. The minimum Gasteiger partial charge on any atom is -0.311 e. The maximum Gasteiger partial charge on any atom is 0.0928 e. The highest BCUT2D eigenvalue weighted by atomic mass is 35.5. The third-order valence-corrected chi connectivity index (χ3v) is 3.23. The van der Waals surface area contributed by atoms with E-state index < -0.39 is 0 Å². The van der Waals surface area contributed by atoms with Crippen LogP contribution in [0.25, 0.3) is 0 Å². The summed E-state index contributed by atoms with van der Waals surface area (Å²) in [5.74, 6) is 0. The van der Waals surface area contributed by atoms with Gasteiger partial charge in [-0.2, -0.15) is 0 Å². The first-order chi connectivity index (χ1) is 7.81. The SMILES string of the molecule is CNC(Cc1ccncc1Cl)c1csnn1. The van der Waals surface area contributed by atoms with Crippen LogP contribution in [0.15, 0.2) is 23.8 Å². The van der Waals surface area contributed by atoms with Crippen LogP contribution in [0.4, 0.5) is 0 Å². The van der Waals surface area contributed by atoms with Crippen LogP contribution in [0.5, 0.6) is 0 Å². The van der Waals surface area contributed by atoms with Crippen LogP contribution in [-0.4, -0.2) is 21.6 Å². The first-order valence-electron chi connectivity index (χ1n) is 4.84. The second kappa shape index (κ2) is 5.34. The molecular formula is C10H11ClN4S. The minimum absolute atomic E-state index is 0.138. The monoisotopic (exact) mass is 254 g/mol. The first kappa shape index (κ1) is 11.4. The number of halogens is 1. The molecule has 0 aromatic carbocycles. The molecule has 2 aromatic heterocycles. The maximum atomic E-state index is 6.06. The van der Waals surface area contributed by atoms with Gasteiger partial charge in [-0.25, -0.2) is 0 Å². The molecule has 1 atom stereocenters. The van der Waals surface area contributed by atoms with E-state index in [1.807, 2.05) is 18.5 Å². The molecule has 4 nitrogen and oxygen atoms in total. The summed E-state index contributed by atoms with van der Waals surface area (Å²) in [6.45, 7) is 0. The normalized spacial score (nSPS) is 12.6. The molecule has 0 aliphatic heterocycles.